The maximum atomic E-state index is 13.6. The highest BCUT2D eigenvalue weighted by Gasteiger charge is 2.32. The van der Waals surface area contributed by atoms with Gasteiger partial charge in [-0.25, -0.2) is 0 Å². The van der Waals surface area contributed by atoms with Crippen LogP contribution in [0, 0.1) is 27.7 Å². The fraction of sp³-hybridized carbons (Fsp3) is 0.227. The zero-order chi connectivity index (χ0) is 74.9. The Hall–Kier alpha value is -12.0. The maximum Gasteiger partial charge on any atom is 0.169 e. The van der Waals surface area contributed by atoms with Crippen molar-refractivity contribution in [3.8, 4) is 91.2 Å². The van der Waals surface area contributed by atoms with Gasteiger partial charge >= 0.3 is 0 Å². The molecule has 0 aliphatic carbocycles. The van der Waals surface area contributed by atoms with E-state index in [0.29, 0.717) is 47.9 Å². The molecule has 16 heteroatoms. The van der Waals surface area contributed by atoms with Crippen LogP contribution in [0.1, 0.15) is 189 Å². The zero-order valence-electron chi connectivity index (χ0n) is 59.1. The number of fused-ring (bicyclic) bond motifs is 4. The molecular formula is C88H84O16. The molecule has 0 amide bonds. The largest absolute Gasteiger partial charge is 0.507 e. The van der Waals surface area contributed by atoms with Gasteiger partial charge < -0.3 is 61.3 Å². The van der Waals surface area contributed by atoms with E-state index in [0.717, 1.165) is 22.3 Å². The third-order valence-corrected chi connectivity index (χ3v) is 20.6. The number of carbonyl (C=O) groups excluding carboxylic acids is 4. The van der Waals surface area contributed by atoms with Crippen LogP contribution in [-0.2, 0) is 0 Å². The molecule has 0 heterocycles. The van der Waals surface area contributed by atoms with Gasteiger partial charge in [-0.3, -0.25) is 19.2 Å². The summed E-state index contributed by atoms with van der Waals surface area (Å²) in [6.07, 6.45) is 2.29. The average Bonchev–Trinajstić information content (AvgIpc) is 0.738. The Morgan fingerprint density at radius 3 is 0.596 bits per heavy atom. The number of ketones is 4. The average molecular weight is 1400 g/mol. The lowest BCUT2D eigenvalue weighted by Crippen LogP contribution is -2.05. The van der Waals surface area contributed by atoms with Crippen LogP contribution >= 0.6 is 0 Å². The Balaban J connectivity index is 0.000000208. The summed E-state index contributed by atoms with van der Waals surface area (Å²) >= 11 is 0. The van der Waals surface area contributed by atoms with Crippen LogP contribution in [0.3, 0.4) is 0 Å². The van der Waals surface area contributed by atoms with Gasteiger partial charge in [-0.1, -0.05) is 149 Å². The Kier molecular flexibility index (Phi) is 21.3. The van der Waals surface area contributed by atoms with Gasteiger partial charge in [-0.2, -0.15) is 0 Å². The van der Waals surface area contributed by atoms with Gasteiger partial charge in [0.05, 0.1) is 22.3 Å². The molecule has 16 nitrogen and oxygen atoms in total. The van der Waals surface area contributed by atoms with Crippen molar-refractivity contribution in [1.82, 2.24) is 0 Å². The van der Waals surface area contributed by atoms with Crippen LogP contribution < -0.4 is 0 Å². The molecule has 0 saturated carbocycles. The fourth-order valence-corrected chi connectivity index (χ4v) is 14.6. The van der Waals surface area contributed by atoms with E-state index >= 15 is 0 Å². The van der Waals surface area contributed by atoms with Crippen LogP contribution in [0.4, 0.5) is 0 Å². The lowest BCUT2D eigenvalue weighted by atomic mass is 9.85. The van der Waals surface area contributed by atoms with Crippen LogP contribution in [0.15, 0.2) is 170 Å². The number of hydrogen-bond donors (Lipinski definition) is 12. The molecule has 12 aromatic rings. The number of Topliss-reactive ketones (excluding diaryl/α,β-unsaturated/α-hetero) is 4. The van der Waals surface area contributed by atoms with Gasteiger partial charge in [0, 0.05) is 91.0 Å². The summed E-state index contributed by atoms with van der Waals surface area (Å²) in [5.41, 5.74) is 6.46. The van der Waals surface area contributed by atoms with Crippen molar-refractivity contribution in [3.05, 3.63) is 237 Å². The van der Waals surface area contributed by atoms with E-state index in [-0.39, 0.29) is 160 Å². The van der Waals surface area contributed by atoms with Crippen LogP contribution in [0.5, 0.6) is 69.0 Å². The molecule has 12 N–H and O–H groups in total. The smallest absolute Gasteiger partial charge is 0.169 e. The van der Waals surface area contributed by atoms with Crippen molar-refractivity contribution in [1.29, 1.82) is 0 Å². The van der Waals surface area contributed by atoms with Crippen molar-refractivity contribution >= 4 is 66.2 Å². The van der Waals surface area contributed by atoms with E-state index in [4.69, 9.17) is 0 Å². The number of benzene rings is 12. The molecule has 0 radical (unpaired) electrons. The highest BCUT2D eigenvalue weighted by molar-refractivity contribution is 6.19. The summed E-state index contributed by atoms with van der Waals surface area (Å²) in [7, 11) is 0. The third-order valence-electron chi connectivity index (χ3n) is 20.6. The van der Waals surface area contributed by atoms with E-state index in [1.807, 2.05) is 149 Å². The Labute approximate surface area is 601 Å². The van der Waals surface area contributed by atoms with E-state index in [1.165, 1.54) is 24.3 Å². The first-order valence-corrected chi connectivity index (χ1v) is 34.8. The number of aryl methyl sites for hydroxylation is 4. The summed E-state index contributed by atoms with van der Waals surface area (Å²) in [5, 5.41) is 135. The topological polar surface area (TPSA) is 311 Å². The molecule has 0 bridgehead atoms. The Morgan fingerprint density at radius 1 is 0.250 bits per heavy atom. The predicted octanol–water partition coefficient (Wildman–Crippen LogP) is 20.1. The lowest BCUT2D eigenvalue weighted by Gasteiger charge is -2.20. The normalized spacial score (nSPS) is 12.6. The summed E-state index contributed by atoms with van der Waals surface area (Å²) in [6, 6.07) is 50.2. The summed E-state index contributed by atoms with van der Waals surface area (Å²) in [4.78, 5) is 54.6. The quantitative estimate of drug-likeness (QED) is 0.0222. The second kappa shape index (κ2) is 30.3. The zero-order valence-corrected chi connectivity index (χ0v) is 59.1. The number of aromatic hydroxyl groups is 12. The van der Waals surface area contributed by atoms with Crippen LogP contribution in [0.2, 0.25) is 0 Å². The minimum atomic E-state index is -0.582. The molecule has 532 valence electrons. The summed E-state index contributed by atoms with van der Waals surface area (Å²) in [5.74, 6) is -7.36. The number of hydrogen-bond acceptors (Lipinski definition) is 16. The van der Waals surface area contributed by atoms with Crippen LogP contribution in [-0.4, -0.2) is 84.4 Å². The number of carbonyl (C=O) groups is 4. The molecule has 0 saturated heterocycles. The Bertz CT molecular complexity index is 4690. The van der Waals surface area contributed by atoms with Gasteiger partial charge in [-0.15, -0.1) is 0 Å². The monoisotopic (exact) mass is 1400 g/mol. The summed E-state index contributed by atoms with van der Waals surface area (Å²) in [6.45, 7) is 14.8. The van der Waals surface area contributed by atoms with E-state index < -0.39 is 69.1 Å². The highest BCUT2D eigenvalue weighted by Crippen LogP contribution is 2.54. The van der Waals surface area contributed by atoms with Crippen LogP contribution in [0.25, 0.3) is 65.3 Å². The van der Waals surface area contributed by atoms with E-state index in [9.17, 15) is 80.5 Å². The minimum absolute atomic E-state index is 0.0615. The molecule has 0 fully saturated rings. The van der Waals surface area contributed by atoms with Crippen molar-refractivity contribution < 1.29 is 80.5 Å². The van der Waals surface area contributed by atoms with Gasteiger partial charge in [0.1, 0.15) is 23.0 Å². The minimum Gasteiger partial charge on any atom is -0.507 e. The fourth-order valence-electron chi connectivity index (χ4n) is 14.6. The van der Waals surface area contributed by atoms with Gasteiger partial charge in [0.25, 0.3) is 0 Å². The number of phenols is 12. The first-order valence-electron chi connectivity index (χ1n) is 34.8. The molecule has 0 spiro atoms. The number of rotatable bonds is 22. The standard InChI is InChI=1S/2C44H42O8/c2*1-23(27-11-7-5-8-12-27)15-17-33(45)39-29-19-25(3)37(41(49)31(29)21-35(47)43(39)51)38-26(4)20-30-32(42(38)50)22-36(48)44(52)40(30)34(46)18-16-24(2)28-13-9-6-10-14-28/h2*5-14,19-24,47-52H,15-18H2,1-4H3/t2*23-,24+. The maximum absolute atomic E-state index is 13.6. The Morgan fingerprint density at radius 2 is 0.423 bits per heavy atom. The van der Waals surface area contributed by atoms with Crippen molar-refractivity contribution in [2.75, 3.05) is 0 Å². The molecule has 104 heavy (non-hydrogen) atoms. The van der Waals surface area contributed by atoms with Crippen molar-refractivity contribution in [2.45, 2.75) is 130 Å². The van der Waals surface area contributed by atoms with Gasteiger partial charge in [0.2, 0.25) is 0 Å². The molecule has 12 aromatic carbocycles. The molecular weight excluding hydrogens is 1310 g/mol. The molecule has 0 aromatic heterocycles. The first kappa shape index (κ1) is 73.2. The molecule has 0 aliphatic heterocycles. The van der Waals surface area contributed by atoms with Gasteiger partial charge in [0.15, 0.2) is 69.1 Å². The highest BCUT2D eigenvalue weighted by atomic mass is 16.3. The number of phenolic OH excluding ortho intramolecular Hbond substituents is 12. The lowest BCUT2D eigenvalue weighted by molar-refractivity contribution is 0.0968. The first-order chi connectivity index (χ1) is 49.6. The molecule has 0 aliphatic rings. The molecule has 4 atom stereocenters. The summed E-state index contributed by atoms with van der Waals surface area (Å²) < 4.78 is 0. The SMILES string of the molecule is Cc1cc2c(C(=O)CC[C@@H](C)c3ccccc3)c(O)c(O)cc2c(O)c1-c1c(C)cc2c(C(=O)CC[C@H](C)c3ccccc3)c(O)c(O)cc2c1O.Cc1cc2c(C(=O)CC[C@@H](C)c3ccccc3)c(O)c(O)cc2c(O)c1-c1c(C)cc2c(C(=O)CC[C@H](C)c3ccccc3)c(O)c(O)cc2c1O. The molecule has 0 unspecified atom stereocenters. The predicted molar refractivity (Wildman–Crippen MR) is 406 cm³/mol. The third kappa shape index (κ3) is 14.2. The van der Waals surface area contributed by atoms with E-state index in [2.05, 4.69) is 0 Å². The van der Waals surface area contributed by atoms with E-state index in [1.54, 1.807) is 52.0 Å². The second-order valence-corrected chi connectivity index (χ2v) is 27.6. The second-order valence-electron chi connectivity index (χ2n) is 27.6. The molecule has 12 rings (SSSR count). The van der Waals surface area contributed by atoms with Crippen molar-refractivity contribution in [2.24, 2.45) is 0 Å². The van der Waals surface area contributed by atoms with Crippen molar-refractivity contribution in [3.63, 3.8) is 0 Å². The van der Waals surface area contributed by atoms with Gasteiger partial charge in [-0.05, 0) is 170 Å².